The summed E-state index contributed by atoms with van der Waals surface area (Å²) in [5.74, 6) is 0.558. The molecule has 0 saturated carbocycles. The first-order valence-corrected chi connectivity index (χ1v) is 6.96. The Bertz CT molecular complexity index is 661. The molecule has 0 aliphatic rings. The Balaban J connectivity index is 2.15. The van der Waals surface area contributed by atoms with E-state index in [1.165, 1.54) is 6.07 Å². The van der Waals surface area contributed by atoms with Crippen LogP contribution in [0.15, 0.2) is 40.9 Å². The number of rotatable bonds is 4. The van der Waals surface area contributed by atoms with Gasteiger partial charge >= 0.3 is 0 Å². The molecule has 104 valence electrons. The predicted octanol–water partition coefficient (Wildman–Crippen LogP) is 4.90. The minimum atomic E-state index is -0.438. The van der Waals surface area contributed by atoms with Crippen LogP contribution in [0.25, 0.3) is 0 Å². The summed E-state index contributed by atoms with van der Waals surface area (Å²) in [7, 11) is 0. The normalized spacial score (nSPS) is 10.3. The number of halogens is 2. The van der Waals surface area contributed by atoms with E-state index in [1.54, 1.807) is 24.3 Å². The van der Waals surface area contributed by atoms with E-state index in [1.807, 2.05) is 13.0 Å². The van der Waals surface area contributed by atoms with E-state index in [0.717, 1.165) is 5.56 Å². The molecular formula is C14H11BrClNO3. The molecule has 0 aliphatic heterocycles. The van der Waals surface area contributed by atoms with E-state index in [9.17, 15) is 10.1 Å². The monoisotopic (exact) mass is 355 g/mol. The lowest BCUT2D eigenvalue weighted by molar-refractivity contribution is -0.385. The molecule has 0 atom stereocenters. The van der Waals surface area contributed by atoms with Gasteiger partial charge in [-0.15, -0.1) is 0 Å². The molecular weight excluding hydrogens is 346 g/mol. The van der Waals surface area contributed by atoms with Gasteiger partial charge in [-0.05, 0) is 52.2 Å². The van der Waals surface area contributed by atoms with Crippen molar-refractivity contribution in [2.45, 2.75) is 13.5 Å². The Kier molecular flexibility index (Phi) is 4.62. The quantitative estimate of drug-likeness (QED) is 0.578. The summed E-state index contributed by atoms with van der Waals surface area (Å²) < 4.78 is 6.03. The zero-order valence-corrected chi connectivity index (χ0v) is 12.9. The number of aryl methyl sites for hydroxylation is 1. The highest BCUT2D eigenvalue weighted by Crippen LogP contribution is 2.28. The maximum atomic E-state index is 10.9. The summed E-state index contributed by atoms with van der Waals surface area (Å²) in [4.78, 5) is 10.4. The third kappa shape index (κ3) is 3.49. The molecule has 0 N–H and O–H groups in total. The van der Waals surface area contributed by atoms with Crippen LogP contribution in [0.5, 0.6) is 5.75 Å². The van der Waals surface area contributed by atoms with E-state index < -0.39 is 4.92 Å². The second kappa shape index (κ2) is 6.24. The van der Waals surface area contributed by atoms with Crippen LogP contribution >= 0.6 is 27.5 Å². The van der Waals surface area contributed by atoms with Crippen LogP contribution in [0, 0.1) is 17.0 Å². The number of hydrogen-bond acceptors (Lipinski definition) is 3. The molecule has 0 spiro atoms. The second-order valence-corrected chi connectivity index (χ2v) is 5.53. The molecule has 0 radical (unpaired) electrons. The second-order valence-electron chi connectivity index (χ2n) is 4.27. The smallest absolute Gasteiger partial charge is 0.283 e. The summed E-state index contributed by atoms with van der Waals surface area (Å²) in [5.41, 5.74) is 1.76. The van der Waals surface area contributed by atoms with Crippen LogP contribution in [0.1, 0.15) is 11.1 Å². The van der Waals surface area contributed by atoms with Crippen molar-refractivity contribution in [3.05, 3.63) is 67.1 Å². The van der Waals surface area contributed by atoms with Gasteiger partial charge < -0.3 is 4.74 Å². The van der Waals surface area contributed by atoms with Gasteiger partial charge in [0.25, 0.3) is 5.69 Å². The van der Waals surface area contributed by atoms with Crippen LogP contribution in [-0.4, -0.2) is 4.92 Å². The minimum absolute atomic E-state index is 0.0149. The van der Waals surface area contributed by atoms with Crippen LogP contribution < -0.4 is 4.74 Å². The van der Waals surface area contributed by atoms with E-state index in [2.05, 4.69) is 15.9 Å². The number of nitro benzene ring substituents is 1. The van der Waals surface area contributed by atoms with Crippen molar-refractivity contribution in [2.24, 2.45) is 0 Å². The van der Waals surface area contributed by atoms with E-state index >= 15 is 0 Å². The standard InChI is InChI=1S/C14H11BrClNO3/c1-9-2-5-14(12(16)6-9)20-8-10-3-4-11(15)13(7-10)17(18)19/h2-7H,8H2,1H3. The molecule has 0 bridgehead atoms. The Morgan fingerprint density at radius 2 is 2.05 bits per heavy atom. The number of ether oxygens (including phenoxy) is 1. The third-order valence-electron chi connectivity index (χ3n) is 2.69. The van der Waals surface area contributed by atoms with Crippen molar-refractivity contribution in [1.29, 1.82) is 0 Å². The highest BCUT2D eigenvalue weighted by molar-refractivity contribution is 9.10. The van der Waals surface area contributed by atoms with Gasteiger partial charge in [0.05, 0.1) is 14.4 Å². The topological polar surface area (TPSA) is 52.4 Å². The number of benzene rings is 2. The van der Waals surface area contributed by atoms with Crippen molar-refractivity contribution in [1.82, 2.24) is 0 Å². The summed E-state index contributed by atoms with van der Waals surface area (Å²) in [6, 6.07) is 10.4. The fourth-order valence-corrected chi connectivity index (χ4v) is 2.35. The Labute approximate surface area is 129 Å². The Morgan fingerprint density at radius 1 is 1.30 bits per heavy atom. The number of hydrogen-bond donors (Lipinski definition) is 0. The van der Waals surface area contributed by atoms with Gasteiger partial charge in [0, 0.05) is 6.07 Å². The number of nitrogens with zero attached hydrogens (tertiary/aromatic N) is 1. The summed E-state index contributed by atoms with van der Waals surface area (Å²) in [6.07, 6.45) is 0. The van der Waals surface area contributed by atoms with Gasteiger partial charge in [-0.25, -0.2) is 0 Å². The van der Waals surface area contributed by atoms with E-state index in [0.29, 0.717) is 20.8 Å². The fourth-order valence-electron chi connectivity index (χ4n) is 1.67. The first-order valence-electron chi connectivity index (χ1n) is 5.79. The molecule has 0 aromatic heterocycles. The average molecular weight is 357 g/mol. The molecule has 0 unspecified atom stereocenters. The molecule has 6 heteroatoms. The summed E-state index contributed by atoms with van der Waals surface area (Å²) in [5, 5.41) is 11.4. The van der Waals surface area contributed by atoms with Crippen molar-refractivity contribution < 1.29 is 9.66 Å². The SMILES string of the molecule is Cc1ccc(OCc2ccc(Br)c([N+](=O)[O-])c2)c(Cl)c1. The highest BCUT2D eigenvalue weighted by atomic mass is 79.9. The van der Waals surface area contributed by atoms with Crippen molar-refractivity contribution >= 4 is 33.2 Å². The fraction of sp³-hybridized carbons (Fsp3) is 0.143. The van der Waals surface area contributed by atoms with Crippen molar-refractivity contribution in [3.8, 4) is 5.75 Å². The van der Waals surface area contributed by atoms with Gasteiger partial charge in [-0.3, -0.25) is 10.1 Å². The van der Waals surface area contributed by atoms with E-state index in [-0.39, 0.29) is 12.3 Å². The third-order valence-corrected chi connectivity index (χ3v) is 3.65. The minimum Gasteiger partial charge on any atom is -0.487 e. The Hall–Kier alpha value is -1.59. The largest absolute Gasteiger partial charge is 0.487 e. The number of nitro groups is 1. The lowest BCUT2D eigenvalue weighted by Crippen LogP contribution is -1.98. The van der Waals surface area contributed by atoms with Crippen LogP contribution in [0.3, 0.4) is 0 Å². The summed E-state index contributed by atoms with van der Waals surface area (Å²) in [6.45, 7) is 2.16. The van der Waals surface area contributed by atoms with Gasteiger partial charge in [-0.1, -0.05) is 23.7 Å². The molecule has 0 amide bonds. The van der Waals surface area contributed by atoms with Crippen molar-refractivity contribution in [3.63, 3.8) is 0 Å². The van der Waals surface area contributed by atoms with Gasteiger partial charge in [0.15, 0.2) is 0 Å². The molecule has 0 saturated heterocycles. The zero-order valence-electron chi connectivity index (χ0n) is 10.6. The van der Waals surface area contributed by atoms with Crippen LogP contribution in [0.4, 0.5) is 5.69 Å². The maximum Gasteiger partial charge on any atom is 0.283 e. The van der Waals surface area contributed by atoms with Crippen LogP contribution in [-0.2, 0) is 6.61 Å². The summed E-state index contributed by atoms with van der Waals surface area (Å²) >= 11 is 9.20. The average Bonchev–Trinajstić information content (AvgIpc) is 2.39. The molecule has 0 fully saturated rings. The van der Waals surface area contributed by atoms with Gasteiger partial charge in [0.1, 0.15) is 12.4 Å². The molecule has 2 rings (SSSR count). The highest BCUT2D eigenvalue weighted by Gasteiger charge is 2.12. The van der Waals surface area contributed by atoms with Crippen LogP contribution in [0.2, 0.25) is 5.02 Å². The zero-order chi connectivity index (χ0) is 14.7. The van der Waals surface area contributed by atoms with E-state index in [4.69, 9.17) is 16.3 Å². The molecule has 2 aromatic carbocycles. The lowest BCUT2D eigenvalue weighted by atomic mass is 10.2. The molecule has 0 heterocycles. The Morgan fingerprint density at radius 3 is 2.70 bits per heavy atom. The molecule has 0 aliphatic carbocycles. The molecule has 2 aromatic rings. The molecule has 4 nitrogen and oxygen atoms in total. The maximum absolute atomic E-state index is 10.9. The van der Waals surface area contributed by atoms with Gasteiger partial charge in [0.2, 0.25) is 0 Å². The predicted molar refractivity (Wildman–Crippen MR) is 81.3 cm³/mol. The first-order chi connectivity index (χ1) is 9.47. The molecule has 20 heavy (non-hydrogen) atoms. The lowest BCUT2D eigenvalue weighted by Gasteiger charge is -2.09. The first kappa shape index (κ1) is 14.8. The van der Waals surface area contributed by atoms with Crippen molar-refractivity contribution in [2.75, 3.05) is 0 Å². The van der Waals surface area contributed by atoms with Gasteiger partial charge in [-0.2, -0.15) is 0 Å².